The zero-order valence-corrected chi connectivity index (χ0v) is 45.1. The zero-order chi connectivity index (χ0) is 50.7. The average Bonchev–Trinajstić information content (AvgIpc) is 3.33. The second-order valence-corrected chi connectivity index (χ2v) is 19.7. The number of para-hydroxylation sites is 1. The molecule has 0 saturated carbocycles. The number of fused-ring (bicyclic) bond motifs is 1. The molecule has 0 aliphatic rings. The van der Waals surface area contributed by atoms with Crippen LogP contribution < -0.4 is 5.63 Å². The molecule has 0 bridgehead atoms. The molecule has 11 unspecified atom stereocenters. The minimum Gasteiger partial charge on any atom is -0.405 e. The molecule has 1 aromatic heterocycles. The Morgan fingerprint density at radius 2 is 0.739 bits per heavy atom. The van der Waals surface area contributed by atoms with Crippen molar-refractivity contribution >= 4 is 10.9 Å². The summed E-state index contributed by atoms with van der Waals surface area (Å²) in [5.41, 5.74) is 0.228. The van der Waals surface area contributed by atoms with Crippen LogP contribution in [0.3, 0.4) is 0 Å². The molecular weight excluding hydrogens is 883 g/mol. The van der Waals surface area contributed by atoms with Crippen LogP contribution in [0.5, 0.6) is 0 Å². The monoisotopic (exact) mass is 982 g/mol. The molecule has 0 fully saturated rings. The van der Waals surface area contributed by atoms with Gasteiger partial charge in [-0.25, -0.2) is 9.78 Å². The lowest BCUT2D eigenvalue weighted by Crippen LogP contribution is -2.30. The van der Waals surface area contributed by atoms with Crippen molar-refractivity contribution in [2.45, 2.75) is 240 Å². The van der Waals surface area contributed by atoms with E-state index in [9.17, 15) is 9.90 Å². The van der Waals surface area contributed by atoms with E-state index in [1.165, 1.54) is 77.0 Å². The lowest BCUT2D eigenvalue weighted by molar-refractivity contribution is -0.113. The lowest BCUT2D eigenvalue weighted by Gasteiger charge is -2.23. The Balaban J connectivity index is 1.60. The van der Waals surface area contributed by atoms with Gasteiger partial charge in [0.2, 0.25) is 5.89 Å². The van der Waals surface area contributed by atoms with Crippen molar-refractivity contribution in [2.75, 3.05) is 66.1 Å². The number of rotatable bonds is 46. The molecule has 402 valence electrons. The number of aromatic nitrogens is 1. The van der Waals surface area contributed by atoms with Gasteiger partial charge in [0.25, 0.3) is 0 Å². The number of hydrogen-bond donors (Lipinski definition) is 1. The van der Waals surface area contributed by atoms with Crippen LogP contribution in [0.4, 0.5) is 0 Å². The number of aliphatic hydroxyl groups is 1. The summed E-state index contributed by atoms with van der Waals surface area (Å²) in [6.45, 7) is 25.8. The highest BCUT2D eigenvalue weighted by Crippen LogP contribution is 2.25. The maximum atomic E-state index is 12.9. The Kier molecular flexibility index (Phi) is 36.0. The number of benzene rings is 1. The van der Waals surface area contributed by atoms with Gasteiger partial charge in [-0.05, 0) is 87.8 Å². The Labute approximate surface area is 417 Å². The summed E-state index contributed by atoms with van der Waals surface area (Å²) in [6, 6.07) is 7.28. The first-order chi connectivity index (χ1) is 33.2. The van der Waals surface area contributed by atoms with E-state index in [0.29, 0.717) is 76.3 Å². The first-order valence-corrected chi connectivity index (χ1v) is 26.9. The minimum atomic E-state index is -0.494. The van der Waals surface area contributed by atoms with Crippen molar-refractivity contribution in [1.82, 2.24) is 4.98 Å². The lowest BCUT2D eigenvalue weighted by atomic mass is 10.0. The molecule has 0 amide bonds. The third-order valence-corrected chi connectivity index (χ3v) is 11.7. The molecule has 0 saturated heterocycles. The molecule has 11 atom stereocenters. The zero-order valence-electron chi connectivity index (χ0n) is 45.1. The van der Waals surface area contributed by atoms with Crippen LogP contribution in [-0.4, -0.2) is 137 Å². The van der Waals surface area contributed by atoms with Gasteiger partial charge in [0.1, 0.15) is 6.10 Å². The number of unbranched alkanes of at least 4 members (excludes halogenated alkanes) is 13. The molecule has 14 heteroatoms. The summed E-state index contributed by atoms with van der Waals surface area (Å²) in [4.78, 5) is 17.6. The third kappa shape index (κ3) is 32.6. The number of nitrogens with zero attached hydrogens (tertiary/aromatic N) is 1. The van der Waals surface area contributed by atoms with Gasteiger partial charge in [0.15, 0.2) is 0 Å². The van der Waals surface area contributed by atoms with Crippen molar-refractivity contribution in [3.8, 4) is 0 Å². The first kappa shape index (κ1) is 63.0. The fraction of sp³-hybridized carbons (Fsp3) is 0.855. The largest absolute Gasteiger partial charge is 0.405 e. The Morgan fingerprint density at radius 1 is 0.435 bits per heavy atom. The van der Waals surface area contributed by atoms with E-state index in [-0.39, 0.29) is 67.2 Å². The van der Waals surface area contributed by atoms with E-state index in [4.69, 9.17) is 56.8 Å². The Morgan fingerprint density at radius 3 is 1.09 bits per heavy atom. The van der Waals surface area contributed by atoms with Gasteiger partial charge in [0, 0.05) is 0 Å². The van der Waals surface area contributed by atoms with Gasteiger partial charge >= 0.3 is 5.63 Å². The molecule has 69 heavy (non-hydrogen) atoms. The summed E-state index contributed by atoms with van der Waals surface area (Å²) in [7, 11) is 0. The molecule has 0 radical (unpaired) electrons. The second kappa shape index (κ2) is 39.4. The SMILES string of the molecule is CCCCCCCCCCCCCCCCC(OCC(C)OCC(C)OCC(C)OCC(C)OCC(C)OCC(C)OCC(C)OCC(C)OCC(C)OCC(C)O)c1nc2ccccc2c(=O)o1. The summed E-state index contributed by atoms with van der Waals surface area (Å²) >= 11 is 0. The van der Waals surface area contributed by atoms with Crippen LogP contribution >= 0.6 is 0 Å². The Hall–Kier alpha value is -2.08. The van der Waals surface area contributed by atoms with E-state index < -0.39 is 12.2 Å². The van der Waals surface area contributed by atoms with Crippen LogP contribution in [0.25, 0.3) is 10.9 Å². The quantitative estimate of drug-likeness (QED) is 0.0625. The maximum Gasteiger partial charge on any atom is 0.346 e. The highest BCUT2D eigenvalue weighted by Gasteiger charge is 2.21. The third-order valence-electron chi connectivity index (χ3n) is 11.7. The molecule has 0 aliphatic carbocycles. The fourth-order valence-electron chi connectivity index (χ4n) is 7.36. The van der Waals surface area contributed by atoms with E-state index in [1.54, 1.807) is 13.0 Å². The molecule has 0 spiro atoms. The van der Waals surface area contributed by atoms with Crippen LogP contribution in [0.1, 0.15) is 184 Å². The topological polar surface area (TPSA) is 156 Å². The maximum absolute atomic E-state index is 12.9. The van der Waals surface area contributed by atoms with Gasteiger partial charge in [-0.15, -0.1) is 0 Å². The highest BCUT2D eigenvalue weighted by atomic mass is 16.6. The van der Waals surface area contributed by atoms with Crippen molar-refractivity contribution in [3.05, 3.63) is 40.6 Å². The molecule has 1 aromatic carbocycles. The second-order valence-electron chi connectivity index (χ2n) is 19.7. The van der Waals surface area contributed by atoms with Crippen LogP contribution in [-0.2, 0) is 47.4 Å². The predicted molar refractivity (Wildman–Crippen MR) is 274 cm³/mol. The van der Waals surface area contributed by atoms with E-state index >= 15 is 0 Å². The average molecular weight is 982 g/mol. The van der Waals surface area contributed by atoms with Crippen molar-refractivity contribution in [1.29, 1.82) is 0 Å². The van der Waals surface area contributed by atoms with E-state index in [1.807, 2.05) is 80.5 Å². The highest BCUT2D eigenvalue weighted by molar-refractivity contribution is 5.76. The normalized spacial score (nSPS) is 17.0. The van der Waals surface area contributed by atoms with Gasteiger partial charge in [-0.1, -0.05) is 109 Å². The van der Waals surface area contributed by atoms with Crippen LogP contribution in [0, 0.1) is 0 Å². The van der Waals surface area contributed by atoms with Gasteiger partial charge in [-0.2, -0.15) is 0 Å². The predicted octanol–water partition coefficient (Wildman–Crippen LogP) is 11.1. The Bertz CT molecular complexity index is 1560. The van der Waals surface area contributed by atoms with Gasteiger partial charge < -0.3 is 56.9 Å². The van der Waals surface area contributed by atoms with Crippen molar-refractivity contribution < 1.29 is 56.9 Å². The molecule has 14 nitrogen and oxygen atoms in total. The molecule has 2 rings (SSSR count). The first-order valence-electron chi connectivity index (χ1n) is 26.9. The molecular formula is C55H99NO13. The summed E-state index contributed by atoms with van der Waals surface area (Å²) < 4.78 is 65.5. The van der Waals surface area contributed by atoms with E-state index in [0.717, 1.165) is 19.3 Å². The summed E-state index contributed by atoms with van der Waals surface area (Å²) in [6.07, 6.45) is 16.8. The number of aliphatic hydroxyl groups excluding tert-OH is 1. The smallest absolute Gasteiger partial charge is 0.346 e. The summed E-state index contributed by atoms with van der Waals surface area (Å²) in [5, 5.41) is 9.83. The standard InChI is InChI=1S/C55H99NO13/c1-12-13-14-15-16-17-18-19-20-21-22-23-24-25-30-53(54-56-52-29-27-26-28-51(52)55(58)69-54)68-40-50(11)67-39-49(10)66-38-48(9)65-37-47(8)64-36-46(7)63-35-45(6)62-34-44(5)61-33-43(4)60-32-42(3)59-31-41(2)57/h26-29,41-50,53,57H,12-25,30-40H2,1-11H3. The van der Waals surface area contributed by atoms with Crippen molar-refractivity contribution in [3.63, 3.8) is 0 Å². The van der Waals surface area contributed by atoms with Crippen molar-refractivity contribution in [2.24, 2.45) is 0 Å². The number of hydrogen-bond acceptors (Lipinski definition) is 14. The molecule has 2 aromatic rings. The van der Waals surface area contributed by atoms with E-state index in [2.05, 4.69) is 6.92 Å². The molecule has 1 heterocycles. The van der Waals surface area contributed by atoms with Gasteiger partial charge in [-0.3, -0.25) is 0 Å². The van der Waals surface area contributed by atoms with Gasteiger partial charge in [0.05, 0.1) is 138 Å². The molecule has 0 aliphatic heterocycles. The number of ether oxygens (including phenoxy) is 10. The summed E-state index contributed by atoms with van der Waals surface area (Å²) in [5.74, 6) is 0.329. The molecule has 1 N–H and O–H groups in total. The van der Waals surface area contributed by atoms with Crippen LogP contribution in [0.15, 0.2) is 33.5 Å². The van der Waals surface area contributed by atoms with Crippen LogP contribution in [0.2, 0.25) is 0 Å². The fourth-order valence-corrected chi connectivity index (χ4v) is 7.36. The minimum absolute atomic E-state index is 0.0877.